The molecule has 1 aromatic heterocycles. The van der Waals surface area contributed by atoms with Gasteiger partial charge in [0.1, 0.15) is 0 Å². The van der Waals surface area contributed by atoms with Crippen LogP contribution >= 0.6 is 0 Å². The summed E-state index contributed by atoms with van der Waals surface area (Å²) >= 11 is 0. The Balaban J connectivity index is 1.88. The van der Waals surface area contributed by atoms with Gasteiger partial charge in [0.15, 0.2) is 0 Å². The summed E-state index contributed by atoms with van der Waals surface area (Å²) in [6.45, 7) is 0.185. The van der Waals surface area contributed by atoms with Gasteiger partial charge in [-0.15, -0.1) is 0 Å². The number of hydrogen-bond donors (Lipinski definition) is 1. The number of carbonyl (C=O) groups is 1. The molecule has 0 aliphatic heterocycles. The van der Waals surface area contributed by atoms with Crippen LogP contribution in [-0.4, -0.2) is 15.7 Å². The predicted molar refractivity (Wildman–Crippen MR) is 89.3 cm³/mol. The minimum atomic E-state index is -0.299. The van der Waals surface area contributed by atoms with Crippen LogP contribution in [0.3, 0.4) is 0 Å². The minimum absolute atomic E-state index is 0.178. The number of aryl methyl sites for hydroxylation is 1. The van der Waals surface area contributed by atoms with E-state index in [1.54, 1.807) is 37.4 Å². The van der Waals surface area contributed by atoms with E-state index in [1.165, 1.54) is 10.7 Å². The Bertz CT molecular complexity index is 1030. The summed E-state index contributed by atoms with van der Waals surface area (Å²) < 4.78 is 1.26. The molecular formula is C18H14N4O2. The first-order chi connectivity index (χ1) is 11.6. The number of carbonyl (C=O) groups excluding carboxylic acids is 1. The predicted octanol–water partition coefficient (Wildman–Crippen LogP) is 1.74. The molecule has 0 radical (unpaired) electrons. The number of benzene rings is 2. The third kappa shape index (κ3) is 2.88. The largest absolute Gasteiger partial charge is 0.346 e. The zero-order valence-electron chi connectivity index (χ0n) is 13.0. The van der Waals surface area contributed by atoms with Crippen molar-refractivity contribution in [2.45, 2.75) is 6.54 Å². The minimum Gasteiger partial charge on any atom is -0.346 e. The summed E-state index contributed by atoms with van der Waals surface area (Å²) in [5, 5.41) is 17.2. The molecule has 0 saturated heterocycles. The first kappa shape index (κ1) is 15.4. The Morgan fingerprint density at radius 2 is 1.96 bits per heavy atom. The van der Waals surface area contributed by atoms with E-state index in [0.717, 1.165) is 0 Å². The number of aromatic nitrogens is 2. The molecule has 2 aromatic carbocycles. The first-order valence-corrected chi connectivity index (χ1v) is 7.33. The van der Waals surface area contributed by atoms with Gasteiger partial charge in [0.2, 0.25) is 0 Å². The van der Waals surface area contributed by atoms with Crippen molar-refractivity contribution in [1.29, 1.82) is 5.26 Å². The fraction of sp³-hybridized carbons (Fsp3) is 0.111. The molecule has 3 rings (SSSR count). The maximum atomic E-state index is 12.3. The van der Waals surface area contributed by atoms with Crippen molar-refractivity contribution in [3.63, 3.8) is 0 Å². The maximum absolute atomic E-state index is 12.3. The normalized spacial score (nSPS) is 10.3. The SMILES string of the molecule is Cn1nc(CNC(=O)c2cccc(C#N)c2)c2ccccc2c1=O. The summed E-state index contributed by atoms with van der Waals surface area (Å²) in [4.78, 5) is 24.4. The Hall–Kier alpha value is -3.46. The van der Waals surface area contributed by atoms with Crippen molar-refractivity contribution in [3.8, 4) is 6.07 Å². The van der Waals surface area contributed by atoms with Gasteiger partial charge in [-0.05, 0) is 24.3 Å². The molecule has 0 bridgehead atoms. The molecule has 1 N–H and O–H groups in total. The van der Waals surface area contributed by atoms with Crippen LogP contribution in [0.2, 0.25) is 0 Å². The highest BCUT2D eigenvalue weighted by molar-refractivity contribution is 5.94. The second-order valence-electron chi connectivity index (χ2n) is 5.30. The van der Waals surface area contributed by atoms with Crippen molar-refractivity contribution >= 4 is 16.7 Å². The zero-order chi connectivity index (χ0) is 17.1. The van der Waals surface area contributed by atoms with Gasteiger partial charge in [-0.3, -0.25) is 9.59 Å². The Kier molecular flexibility index (Phi) is 4.08. The Labute approximate surface area is 138 Å². The van der Waals surface area contributed by atoms with Crippen molar-refractivity contribution in [1.82, 2.24) is 15.1 Å². The average molecular weight is 318 g/mol. The molecule has 0 unspecified atom stereocenters. The van der Waals surface area contributed by atoms with E-state index in [-0.39, 0.29) is 18.0 Å². The molecule has 0 saturated carbocycles. The highest BCUT2D eigenvalue weighted by atomic mass is 16.1. The Morgan fingerprint density at radius 1 is 1.21 bits per heavy atom. The van der Waals surface area contributed by atoms with E-state index in [4.69, 9.17) is 5.26 Å². The summed E-state index contributed by atoms with van der Waals surface area (Å²) in [6.07, 6.45) is 0. The van der Waals surface area contributed by atoms with E-state index in [2.05, 4.69) is 10.4 Å². The van der Waals surface area contributed by atoms with Gasteiger partial charge in [-0.1, -0.05) is 24.3 Å². The second kappa shape index (κ2) is 6.34. The van der Waals surface area contributed by atoms with E-state index < -0.39 is 0 Å². The summed E-state index contributed by atoms with van der Waals surface area (Å²) in [5.41, 5.74) is 1.26. The summed E-state index contributed by atoms with van der Waals surface area (Å²) in [5.74, 6) is -0.299. The van der Waals surface area contributed by atoms with Crippen LogP contribution in [0.4, 0.5) is 0 Å². The lowest BCUT2D eigenvalue weighted by atomic mass is 10.1. The monoisotopic (exact) mass is 318 g/mol. The smallest absolute Gasteiger partial charge is 0.274 e. The average Bonchev–Trinajstić information content (AvgIpc) is 2.63. The second-order valence-corrected chi connectivity index (χ2v) is 5.30. The van der Waals surface area contributed by atoms with E-state index in [0.29, 0.717) is 27.6 Å². The molecule has 3 aromatic rings. The molecule has 0 aliphatic carbocycles. The lowest BCUT2D eigenvalue weighted by Gasteiger charge is -2.09. The topological polar surface area (TPSA) is 87.8 Å². The van der Waals surface area contributed by atoms with Crippen LogP contribution in [0, 0.1) is 11.3 Å². The summed E-state index contributed by atoms with van der Waals surface area (Å²) in [6, 6.07) is 15.6. The molecule has 24 heavy (non-hydrogen) atoms. The summed E-state index contributed by atoms with van der Waals surface area (Å²) in [7, 11) is 1.58. The van der Waals surface area contributed by atoms with Crippen molar-refractivity contribution in [2.75, 3.05) is 0 Å². The van der Waals surface area contributed by atoms with Gasteiger partial charge in [0.25, 0.3) is 11.5 Å². The lowest BCUT2D eigenvalue weighted by molar-refractivity contribution is 0.0950. The van der Waals surface area contributed by atoms with Gasteiger partial charge < -0.3 is 5.32 Å². The first-order valence-electron chi connectivity index (χ1n) is 7.33. The molecule has 0 aliphatic rings. The zero-order valence-corrected chi connectivity index (χ0v) is 13.0. The van der Waals surface area contributed by atoms with Crippen LogP contribution < -0.4 is 10.9 Å². The van der Waals surface area contributed by atoms with Gasteiger partial charge in [-0.2, -0.15) is 10.4 Å². The van der Waals surface area contributed by atoms with Crippen molar-refractivity contribution in [3.05, 3.63) is 75.7 Å². The highest BCUT2D eigenvalue weighted by Crippen LogP contribution is 2.13. The van der Waals surface area contributed by atoms with Gasteiger partial charge >= 0.3 is 0 Å². The molecule has 1 heterocycles. The fourth-order valence-corrected chi connectivity index (χ4v) is 2.50. The third-order valence-electron chi connectivity index (χ3n) is 3.70. The van der Waals surface area contributed by atoms with Gasteiger partial charge in [0, 0.05) is 18.0 Å². The molecule has 0 spiro atoms. The standard InChI is InChI=1S/C18H14N4O2/c1-22-18(24)15-8-3-2-7-14(15)16(21-22)11-20-17(23)13-6-4-5-12(9-13)10-19/h2-9H,11H2,1H3,(H,20,23). The van der Waals surface area contributed by atoms with Gasteiger partial charge in [0.05, 0.1) is 29.3 Å². The molecule has 118 valence electrons. The highest BCUT2D eigenvalue weighted by Gasteiger charge is 2.11. The maximum Gasteiger partial charge on any atom is 0.274 e. The van der Waals surface area contributed by atoms with Crippen LogP contribution in [0.5, 0.6) is 0 Å². The van der Waals surface area contributed by atoms with Crippen molar-refractivity contribution < 1.29 is 4.79 Å². The number of nitrogens with zero attached hydrogens (tertiary/aromatic N) is 3. The van der Waals surface area contributed by atoms with E-state index >= 15 is 0 Å². The van der Waals surface area contributed by atoms with E-state index in [1.807, 2.05) is 18.2 Å². The molecule has 0 atom stereocenters. The quantitative estimate of drug-likeness (QED) is 0.796. The number of nitrogens with one attached hydrogen (secondary N) is 1. The molecule has 1 amide bonds. The van der Waals surface area contributed by atoms with Crippen LogP contribution in [0.15, 0.2) is 53.3 Å². The molecular weight excluding hydrogens is 304 g/mol. The Morgan fingerprint density at radius 3 is 2.71 bits per heavy atom. The number of rotatable bonds is 3. The van der Waals surface area contributed by atoms with Crippen LogP contribution in [0.25, 0.3) is 10.8 Å². The van der Waals surface area contributed by atoms with Gasteiger partial charge in [-0.25, -0.2) is 4.68 Å². The van der Waals surface area contributed by atoms with Crippen LogP contribution in [0.1, 0.15) is 21.6 Å². The fourth-order valence-electron chi connectivity index (χ4n) is 2.50. The number of hydrogen-bond acceptors (Lipinski definition) is 4. The van der Waals surface area contributed by atoms with Crippen LogP contribution in [-0.2, 0) is 13.6 Å². The number of amides is 1. The number of fused-ring (bicyclic) bond motifs is 1. The number of nitriles is 1. The van der Waals surface area contributed by atoms with E-state index in [9.17, 15) is 9.59 Å². The molecule has 0 fully saturated rings. The lowest BCUT2D eigenvalue weighted by Crippen LogP contribution is -2.27. The third-order valence-corrected chi connectivity index (χ3v) is 3.70. The molecule has 6 nitrogen and oxygen atoms in total. The van der Waals surface area contributed by atoms with Crippen molar-refractivity contribution in [2.24, 2.45) is 7.05 Å². The molecule has 6 heteroatoms.